The Morgan fingerprint density at radius 1 is 1.89 bits per heavy atom. The van der Waals surface area contributed by atoms with E-state index >= 15 is 0 Å². The summed E-state index contributed by atoms with van der Waals surface area (Å²) in [6, 6.07) is 0. The Morgan fingerprint density at radius 3 is 2.78 bits per heavy atom. The molecule has 0 N–H and O–H groups in total. The maximum absolute atomic E-state index is 10.6. The van der Waals surface area contributed by atoms with Crippen LogP contribution in [0.3, 0.4) is 0 Å². The van der Waals surface area contributed by atoms with Gasteiger partial charge in [-0.05, 0) is 6.92 Å². The predicted octanol–water partition coefficient (Wildman–Crippen LogP) is 0.336. The quantitative estimate of drug-likeness (QED) is 0.475. The van der Waals surface area contributed by atoms with Gasteiger partial charge in [-0.1, -0.05) is 6.58 Å². The van der Waals surface area contributed by atoms with Crippen LogP contribution in [-0.4, -0.2) is 24.1 Å². The minimum absolute atomic E-state index is 0.295. The second-order valence-electron chi connectivity index (χ2n) is 1.94. The summed E-state index contributed by atoms with van der Waals surface area (Å²) in [6.07, 6.45) is 0. The van der Waals surface area contributed by atoms with Crippen LogP contribution in [0.4, 0.5) is 0 Å². The summed E-state index contributed by atoms with van der Waals surface area (Å²) < 4.78 is 0. The van der Waals surface area contributed by atoms with Crippen LogP contribution in [0.15, 0.2) is 12.2 Å². The fourth-order valence-corrected chi connectivity index (χ4v) is 0.668. The first-order chi connectivity index (χ1) is 4.24. The zero-order chi connectivity index (χ0) is 6.85. The molecule has 1 fully saturated rings. The molecular formula is C6H9NO2. The smallest absolute Gasteiger partial charge is 0.353 e. The molecule has 0 aliphatic carbocycles. The Bertz CT molecular complexity index is 137. The first-order valence-corrected chi connectivity index (χ1v) is 2.89. The van der Waals surface area contributed by atoms with Gasteiger partial charge in [0.25, 0.3) is 0 Å². The second kappa shape index (κ2) is 2.19. The molecule has 1 rings (SSSR count). The van der Waals surface area contributed by atoms with Gasteiger partial charge >= 0.3 is 5.97 Å². The third-order valence-corrected chi connectivity index (χ3v) is 1.22. The molecule has 0 amide bonds. The molecule has 0 saturated carbocycles. The number of rotatable bonds is 1. The molecule has 3 heteroatoms. The molecule has 1 heterocycles. The van der Waals surface area contributed by atoms with E-state index in [1.165, 1.54) is 0 Å². The van der Waals surface area contributed by atoms with Crippen molar-refractivity contribution in [2.75, 3.05) is 13.1 Å². The van der Waals surface area contributed by atoms with Gasteiger partial charge in [-0.3, -0.25) is 0 Å². The van der Waals surface area contributed by atoms with Gasteiger partial charge in [0.2, 0.25) is 0 Å². The first kappa shape index (κ1) is 6.29. The Kier molecular flexibility index (Phi) is 1.53. The van der Waals surface area contributed by atoms with Gasteiger partial charge in [0.15, 0.2) is 0 Å². The number of carbonyl (C=O) groups excluding carboxylic acids is 1. The van der Waals surface area contributed by atoms with E-state index in [1.807, 2.05) is 6.92 Å². The van der Waals surface area contributed by atoms with E-state index in [-0.39, 0.29) is 5.97 Å². The van der Waals surface area contributed by atoms with E-state index in [4.69, 9.17) is 4.84 Å². The summed E-state index contributed by atoms with van der Waals surface area (Å²) in [6.45, 7) is 6.72. The third kappa shape index (κ3) is 1.10. The average molecular weight is 127 g/mol. The fraction of sp³-hybridized carbons (Fsp3) is 0.500. The van der Waals surface area contributed by atoms with E-state index in [2.05, 4.69) is 6.58 Å². The van der Waals surface area contributed by atoms with Gasteiger partial charge < -0.3 is 4.84 Å². The van der Waals surface area contributed by atoms with Crippen molar-refractivity contribution in [2.45, 2.75) is 6.92 Å². The zero-order valence-corrected chi connectivity index (χ0v) is 5.39. The molecule has 0 unspecified atom stereocenters. The van der Waals surface area contributed by atoms with Crippen molar-refractivity contribution in [1.82, 2.24) is 5.06 Å². The van der Waals surface area contributed by atoms with Crippen LogP contribution in [-0.2, 0) is 9.63 Å². The van der Waals surface area contributed by atoms with E-state index in [9.17, 15) is 4.79 Å². The highest BCUT2D eigenvalue weighted by Crippen LogP contribution is 2.09. The normalized spacial score (nSPS) is 20.6. The van der Waals surface area contributed by atoms with Crippen LogP contribution in [0, 0.1) is 0 Å². The van der Waals surface area contributed by atoms with Crippen molar-refractivity contribution in [3.8, 4) is 0 Å². The summed E-state index contributed by atoms with van der Waals surface area (Å²) in [5, 5.41) is 1.57. The lowest BCUT2D eigenvalue weighted by atomic mass is 10.3. The van der Waals surface area contributed by atoms with Crippen molar-refractivity contribution in [2.24, 2.45) is 0 Å². The summed E-state index contributed by atoms with van der Waals surface area (Å²) in [5.74, 6) is -0.295. The van der Waals surface area contributed by atoms with Crippen molar-refractivity contribution in [3.05, 3.63) is 12.2 Å². The number of nitrogens with zero attached hydrogens (tertiary/aromatic N) is 1. The number of likely N-dealkylation sites (N-methyl/N-ethyl adjacent to an activating group) is 1. The van der Waals surface area contributed by atoms with Crippen LogP contribution in [0.1, 0.15) is 6.92 Å². The third-order valence-electron chi connectivity index (χ3n) is 1.22. The zero-order valence-electron chi connectivity index (χ0n) is 5.39. The number of carbonyl (C=O) groups is 1. The van der Waals surface area contributed by atoms with E-state index in [1.54, 1.807) is 5.06 Å². The largest absolute Gasteiger partial charge is 0.364 e. The maximum atomic E-state index is 10.6. The highest BCUT2D eigenvalue weighted by molar-refractivity contribution is 5.89. The van der Waals surface area contributed by atoms with E-state index in [0.717, 1.165) is 6.54 Å². The highest BCUT2D eigenvalue weighted by Gasteiger charge is 2.23. The summed E-state index contributed by atoms with van der Waals surface area (Å²) in [7, 11) is 0. The maximum Gasteiger partial charge on any atom is 0.353 e. The minimum Gasteiger partial charge on any atom is -0.364 e. The standard InChI is InChI=1S/C6H9NO2/c1-3-7-4-5(2)6(8)9-7/h2-4H2,1H3. The molecule has 0 aromatic carbocycles. The molecule has 0 radical (unpaired) electrons. The molecule has 1 aliphatic rings. The van der Waals surface area contributed by atoms with Crippen molar-refractivity contribution in [1.29, 1.82) is 0 Å². The van der Waals surface area contributed by atoms with Gasteiger partial charge in [-0.25, -0.2) is 4.79 Å². The highest BCUT2D eigenvalue weighted by atomic mass is 16.7. The van der Waals surface area contributed by atoms with Gasteiger partial charge in [0.05, 0.1) is 6.54 Å². The molecule has 0 atom stereocenters. The van der Waals surface area contributed by atoms with E-state index in [0.29, 0.717) is 12.1 Å². The number of hydrogen-bond acceptors (Lipinski definition) is 3. The molecule has 1 aliphatic heterocycles. The molecule has 9 heavy (non-hydrogen) atoms. The van der Waals surface area contributed by atoms with Crippen molar-refractivity contribution in [3.63, 3.8) is 0 Å². The summed E-state index contributed by atoms with van der Waals surface area (Å²) >= 11 is 0. The van der Waals surface area contributed by atoms with Crippen LogP contribution in [0.5, 0.6) is 0 Å². The minimum atomic E-state index is -0.295. The van der Waals surface area contributed by atoms with Gasteiger partial charge in [0.1, 0.15) is 0 Å². The molecule has 1 saturated heterocycles. The van der Waals surface area contributed by atoms with E-state index < -0.39 is 0 Å². The lowest BCUT2D eigenvalue weighted by Gasteiger charge is -2.06. The molecule has 50 valence electrons. The molecule has 3 nitrogen and oxygen atoms in total. The molecule has 0 spiro atoms. The Hall–Kier alpha value is -0.830. The molecule has 0 aromatic heterocycles. The Labute approximate surface area is 53.9 Å². The topological polar surface area (TPSA) is 29.5 Å². The predicted molar refractivity (Wildman–Crippen MR) is 32.5 cm³/mol. The number of hydrogen-bond donors (Lipinski definition) is 0. The Balaban J connectivity index is 2.54. The number of hydroxylamine groups is 2. The Morgan fingerprint density at radius 2 is 2.56 bits per heavy atom. The summed E-state index contributed by atoms with van der Waals surface area (Å²) in [5.41, 5.74) is 0.539. The molecule has 0 aromatic rings. The van der Waals surface area contributed by atoms with Crippen LogP contribution < -0.4 is 0 Å². The van der Waals surface area contributed by atoms with Crippen molar-refractivity contribution < 1.29 is 9.63 Å². The summed E-state index contributed by atoms with van der Waals surface area (Å²) in [4.78, 5) is 15.3. The van der Waals surface area contributed by atoms with Crippen LogP contribution in [0.25, 0.3) is 0 Å². The van der Waals surface area contributed by atoms with Crippen LogP contribution >= 0.6 is 0 Å². The SMILES string of the molecule is C=C1CN(CC)OC1=O. The lowest BCUT2D eigenvalue weighted by molar-refractivity contribution is -0.167. The monoisotopic (exact) mass is 127 g/mol. The molecule has 0 bridgehead atoms. The first-order valence-electron chi connectivity index (χ1n) is 2.89. The molecular weight excluding hydrogens is 118 g/mol. The van der Waals surface area contributed by atoms with Crippen molar-refractivity contribution >= 4 is 5.97 Å². The lowest BCUT2D eigenvalue weighted by Crippen LogP contribution is -2.17. The van der Waals surface area contributed by atoms with Gasteiger partial charge in [-0.2, -0.15) is 0 Å². The van der Waals surface area contributed by atoms with Gasteiger partial charge in [0, 0.05) is 12.1 Å². The second-order valence-corrected chi connectivity index (χ2v) is 1.94. The van der Waals surface area contributed by atoms with Gasteiger partial charge in [-0.15, -0.1) is 5.06 Å². The fourth-order valence-electron chi connectivity index (χ4n) is 0.668. The van der Waals surface area contributed by atoms with Crippen LogP contribution in [0.2, 0.25) is 0 Å². The average Bonchev–Trinajstić information content (AvgIpc) is 2.13.